The molecule has 1 saturated heterocycles. The second-order valence-corrected chi connectivity index (χ2v) is 9.16. The molecule has 1 aliphatic heterocycles. The van der Waals surface area contributed by atoms with Crippen LogP contribution in [-0.2, 0) is 21.4 Å². The number of sulfonamides is 1. The summed E-state index contributed by atoms with van der Waals surface area (Å²) in [6.45, 7) is 3.76. The lowest BCUT2D eigenvalue weighted by atomic mass is 10.2. The van der Waals surface area contributed by atoms with E-state index in [1.165, 1.54) is 4.31 Å². The fourth-order valence-electron chi connectivity index (χ4n) is 3.30. The van der Waals surface area contributed by atoms with E-state index in [2.05, 4.69) is 5.32 Å². The Morgan fingerprint density at radius 3 is 2.39 bits per heavy atom. The van der Waals surface area contributed by atoms with Crippen LogP contribution in [0.4, 0.5) is 5.69 Å². The molecule has 1 aromatic heterocycles. The minimum absolute atomic E-state index is 0.169. The van der Waals surface area contributed by atoms with Gasteiger partial charge in [-0.3, -0.25) is 9.69 Å². The van der Waals surface area contributed by atoms with Crippen LogP contribution in [0.5, 0.6) is 0 Å². The van der Waals surface area contributed by atoms with Crippen molar-refractivity contribution in [2.45, 2.75) is 37.6 Å². The number of carbonyl (C=O) groups excluding carboxylic acids is 1. The van der Waals surface area contributed by atoms with Gasteiger partial charge in [-0.25, -0.2) is 8.42 Å². The van der Waals surface area contributed by atoms with Gasteiger partial charge in [0.05, 0.1) is 18.0 Å². The minimum Gasteiger partial charge on any atom is -0.465 e. The molecule has 0 saturated carbocycles. The summed E-state index contributed by atoms with van der Waals surface area (Å²) in [5.74, 6) is 1.48. The zero-order valence-corrected chi connectivity index (χ0v) is 17.2. The van der Waals surface area contributed by atoms with E-state index in [9.17, 15) is 13.2 Å². The van der Waals surface area contributed by atoms with Gasteiger partial charge in [-0.05, 0) is 63.2 Å². The van der Waals surface area contributed by atoms with Crippen molar-refractivity contribution in [3.8, 4) is 0 Å². The lowest BCUT2D eigenvalue weighted by Crippen LogP contribution is -2.35. The Hall–Kier alpha value is -2.16. The third-order valence-corrected chi connectivity index (χ3v) is 6.64. The Balaban J connectivity index is 1.55. The highest BCUT2D eigenvalue weighted by atomic mass is 32.2. The summed E-state index contributed by atoms with van der Waals surface area (Å²) in [4.78, 5) is 14.3. The Bertz CT molecular complexity index is 900. The molecule has 0 spiro atoms. The van der Waals surface area contributed by atoms with Crippen molar-refractivity contribution in [3.05, 3.63) is 47.9 Å². The maximum Gasteiger partial charge on any atom is 0.243 e. The summed E-state index contributed by atoms with van der Waals surface area (Å²) in [5.41, 5.74) is 0.574. The number of rotatable bonds is 7. The van der Waals surface area contributed by atoms with Gasteiger partial charge >= 0.3 is 0 Å². The van der Waals surface area contributed by atoms with E-state index in [0.29, 0.717) is 25.3 Å². The molecule has 7 nitrogen and oxygen atoms in total. The number of nitrogens with zero attached hydrogens (tertiary/aromatic N) is 2. The highest BCUT2D eigenvalue weighted by Gasteiger charge is 2.25. The monoisotopic (exact) mass is 405 g/mol. The van der Waals surface area contributed by atoms with Crippen LogP contribution in [0.3, 0.4) is 0 Å². The second-order valence-electron chi connectivity index (χ2n) is 7.22. The van der Waals surface area contributed by atoms with E-state index < -0.39 is 10.0 Å². The highest BCUT2D eigenvalue weighted by molar-refractivity contribution is 7.89. The van der Waals surface area contributed by atoms with Crippen molar-refractivity contribution in [3.63, 3.8) is 0 Å². The first kappa shape index (κ1) is 20.6. The molecule has 1 amide bonds. The zero-order chi connectivity index (χ0) is 20.1. The van der Waals surface area contributed by atoms with Crippen LogP contribution >= 0.6 is 0 Å². The van der Waals surface area contributed by atoms with Crippen molar-refractivity contribution in [1.82, 2.24) is 9.21 Å². The molecular formula is C20H27N3O4S. The molecule has 1 fully saturated rings. The second kappa shape index (κ2) is 8.89. The van der Waals surface area contributed by atoms with Crippen molar-refractivity contribution in [2.75, 3.05) is 32.0 Å². The maximum atomic E-state index is 12.7. The van der Waals surface area contributed by atoms with Crippen LogP contribution in [0, 0.1) is 6.92 Å². The highest BCUT2D eigenvalue weighted by Crippen LogP contribution is 2.22. The number of benzene rings is 1. The summed E-state index contributed by atoms with van der Waals surface area (Å²) >= 11 is 0. The number of carbonyl (C=O) groups is 1. The average molecular weight is 406 g/mol. The van der Waals surface area contributed by atoms with Crippen LogP contribution in [0.25, 0.3) is 0 Å². The Morgan fingerprint density at radius 2 is 1.79 bits per heavy atom. The summed E-state index contributed by atoms with van der Waals surface area (Å²) in [6, 6.07) is 10.1. The standard InChI is InChI=1S/C20H27N3O4S/c1-16-6-9-18(27-16)14-22(2)15-20(24)21-17-7-10-19(11-8-17)28(25,26)23-12-4-3-5-13-23/h6-11H,3-5,12-15H2,1-2H3,(H,21,24). The van der Waals surface area contributed by atoms with Crippen molar-refractivity contribution in [2.24, 2.45) is 0 Å². The van der Waals surface area contributed by atoms with Gasteiger partial charge in [0.25, 0.3) is 0 Å². The summed E-state index contributed by atoms with van der Waals surface area (Å²) < 4.78 is 32.4. The number of aryl methyl sites for hydroxylation is 1. The molecule has 1 aliphatic rings. The van der Waals surface area contributed by atoms with E-state index in [4.69, 9.17) is 4.42 Å². The van der Waals surface area contributed by atoms with Crippen molar-refractivity contribution >= 4 is 21.6 Å². The lowest BCUT2D eigenvalue weighted by Gasteiger charge is -2.25. The molecule has 8 heteroatoms. The molecule has 1 aromatic carbocycles. The third kappa shape index (κ3) is 5.21. The fraction of sp³-hybridized carbons (Fsp3) is 0.450. The molecule has 152 valence electrons. The quantitative estimate of drug-likeness (QED) is 0.766. The van der Waals surface area contributed by atoms with Crippen LogP contribution in [0.1, 0.15) is 30.8 Å². The average Bonchev–Trinajstić information content (AvgIpc) is 3.07. The van der Waals surface area contributed by atoms with E-state index in [0.717, 1.165) is 30.8 Å². The predicted octanol–water partition coefficient (Wildman–Crippen LogP) is 2.83. The first-order valence-electron chi connectivity index (χ1n) is 9.48. The molecule has 2 heterocycles. The molecule has 0 aliphatic carbocycles. The molecule has 0 unspecified atom stereocenters. The van der Waals surface area contributed by atoms with E-state index in [1.54, 1.807) is 24.3 Å². The molecule has 3 rings (SSSR count). The van der Waals surface area contributed by atoms with Gasteiger partial charge in [0.15, 0.2) is 0 Å². The third-order valence-electron chi connectivity index (χ3n) is 4.73. The van der Waals surface area contributed by atoms with Crippen LogP contribution in [0.2, 0.25) is 0 Å². The maximum absolute atomic E-state index is 12.7. The number of nitrogens with one attached hydrogen (secondary N) is 1. The topological polar surface area (TPSA) is 82.9 Å². The first-order valence-corrected chi connectivity index (χ1v) is 10.9. The predicted molar refractivity (Wildman–Crippen MR) is 107 cm³/mol. The van der Waals surface area contributed by atoms with Crippen molar-refractivity contribution < 1.29 is 17.6 Å². The Kier molecular flexibility index (Phi) is 6.53. The number of piperidine rings is 1. The van der Waals surface area contributed by atoms with Gasteiger partial charge < -0.3 is 9.73 Å². The number of likely N-dealkylation sites (N-methyl/N-ethyl adjacent to an activating group) is 1. The Labute approximate surface area is 166 Å². The SMILES string of the molecule is Cc1ccc(CN(C)CC(=O)Nc2ccc(S(=O)(=O)N3CCCCC3)cc2)o1. The number of furan rings is 1. The number of hydrogen-bond acceptors (Lipinski definition) is 5. The van der Waals surface area contributed by atoms with Crippen LogP contribution in [-0.4, -0.2) is 50.2 Å². The zero-order valence-electron chi connectivity index (χ0n) is 16.3. The van der Waals surface area contributed by atoms with E-state index >= 15 is 0 Å². The van der Waals surface area contributed by atoms with E-state index in [1.807, 2.05) is 31.0 Å². The minimum atomic E-state index is -3.46. The molecule has 2 aromatic rings. The lowest BCUT2D eigenvalue weighted by molar-refractivity contribution is -0.117. The molecule has 0 radical (unpaired) electrons. The molecule has 0 atom stereocenters. The van der Waals surface area contributed by atoms with Crippen molar-refractivity contribution in [1.29, 1.82) is 0 Å². The fourth-order valence-corrected chi connectivity index (χ4v) is 4.82. The van der Waals surface area contributed by atoms with Gasteiger partial charge in [-0.2, -0.15) is 4.31 Å². The summed E-state index contributed by atoms with van der Waals surface area (Å²) in [5, 5.41) is 2.80. The molecule has 0 bridgehead atoms. The Morgan fingerprint density at radius 1 is 1.11 bits per heavy atom. The molecular weight excluding hydrogens is 378 g/mol. The van der Waals surface area contributed by atoms with Crippen LogP contribution in [0.15, 0.2) is 45.7 Å². The molecule has 1 N–H and O–H groups in total. The van der Waals surface area contributed by atoms with Crippen LogP contribution < -0.4 is 5.32 Å². The number of anilines is 1. The smallest absolute Gasteiger partial charge is 0.243 e. The van der Waals surface area contributed by atoms with Gasteiger partial charge in [0.1, 0.15) is 11.5 Å². The normalized spacial score (nSPS) is 15.7. The summed E-state index contributed by atoms with van der Waals surface area (Å²) in [7, 11) is -1.62. The van der Waals surface area contributed by atoms with Gasteiger partial charge in [0.2, 0.25) is 15.9 Å². The number of hydrogen-bond donors (Lipinski definition) is 1. The largest absolute Gasteiger partial charge is 0.465 e. The summed E-state index contributed by atoms with van der Waals surface area (Å²) in [6.07, 6.45) is 2.88. The first-order chi connectivity index (χ1) is 13.3. The molecule has 28 heavy (non-hydrogen) atoms. The van der Waals surface area contributed by atoms with Gasteiger partial charge in [0, 0.05) is 18.8 Å². The van der Waals surface area contributed by atoms with E-state index in [-0.39, 0.29) is 17.3 Å². The van der Waals surface area contributed by atoms with Gasteiger partial charge in [-0.1, -0.05) is 6.42 Å². The number of amides is 1. The van der Waals surface area contributed by atoms with Gasteiger partial charge in [-0.15, -0.1) is 0 Å².